The van der Waals surface area contributed by atoms with Gasteiger partial charge in [-0.1, -0.05) is 6.92 Å². The number of aliphatic hydroxyl groups excluding tert-OH is 1. The molecule has 1 saturated heterocycles. The molecule has 1 aliphatic heterocycles. The van der Waals surface area contributed by atoms with Gasteiger partial charge in [0.05, 0.1) is 12.2 Å². The minimum absolute atomic E-state index is 0.0793. The number of hydrogen-bond donors (Lipinski definition) is 3. The van der Waals surface area contributed by atoms with Crippen LogP contribution >= 0.6 is 0 Å². The Hall–Kier alpha value is -0.810. The number of rotatable bonds is 5. The van der Waals surface area contributed by atoms with Crippen molar-refractivity contribution >= 4 is 6.03 Å². The summed E-state index contributed by atoms with van der Waals surface area (Å²) in [6, 6.07) is 0.0121. The largest absolute Gasteiger partial charge is 0.396 e. The third-order valence-electron chi connectivity index (χ3n) is 3.89. The molecule has 1 rings (SSSR count). The van der Waals surface area contributed by atoms with Crippen molar-refractivity contribution in [3.8, 4) is 0 Å². The van der Waals surface area contributed by atoms with E-state index in [0.717, 1.165) is 19.3 Å². The second-order valence-electron chi connectivity index (χ2n) is 5.91. The van der Waals surface area contributed by atoms with Crippen molar-refractivity contribution in [2.45, 2.75) is 77.2 Å². The van der Waals surface area contributed by atoms with Gasteiger partial charge in [-0.2, -0.15) is 0 Å². The van der Waals surface area contributed by atoms with Crippen molar-refractivity contribution in [2.24, 2.45) is 0 Å². The van der Waals surface area contributed by atoms with E-state index in [2.05, 4.69) is 10.6 Å². The zero-order chi connectivity index (χ0) is 14.5. The molecule has 5 heteroatoms. The molecule has 1 fully saturated rings. The van der Waals surface area contributed by atoms with Crippen LogP contribution in [-0.4, -0.2) is 41.5 Å². The Bertz CT molecular complexity index is 288. The molecule has 0 saturated carbocycles. The maximum atomic E-state index is 12.0. The van der Waals surface area contributed by atoms with Gasteiger partial charge in [0.2, 0.25) is 0 Å². The van der Waals surface area contributed by atoms with Crippen LogP contribution in [0.4, 0.5) is 4.79 Å². The predicted molar refractivity (Wildman–Crippen MR) is 75.1 cm³/mol. The topological polar surface area (TPSA) is 70.6 Å². The summed E-state index contributed by atoms with van der Waals surface area (Å²) in [5, 5.41) is 15.0. The molecule has 0 aliphatic carbocycles. The summed E-state index contributed by atoms with van der Waals surface area (Å²) in [5.41, 5.74) is -0.346. The highest BCUT2D eigenvalue weighted by Crippen LogP contribution is 2.19. The van der Waals surface area contributed by atoms with Crippen molar-refractivity contribution in [3.63, 3.8) is 0 Å². The van der Waals surface area contributed by atoms with Crippen molar-refractivity contribution < 1.29 is 14.6 Å². The molecule has 112 valence electrons. The summed E-state index contributed by atoms with van der Waals surface area (Å²) in [4.78, 5) is 12.0. The SMILES string of the molecule is CCC(C)(CCO)NC(=O)NC1CC(C)OC(C)C1. The van der Waals surface area contributed by atoms with Gasteiger partial charge in [-0.05, 0) is 46.5 Å². The first-order valence-corrected chi connectivity index (χ1v) is 7.23. The summed E-state index contributed by atoms with van der Waals surface area (Å²) in [5.74, 6) is 0. The molecule has 2 amide bonds. The molecule has 0 aromatic carbocycles. The van der Waals surface area contributed by atoms with Crippen LogP contribution in [0.1, 0.15) is 53.4 Å². The monoisotopic (exact) mass is 272 g/mol. The van der Waals surface area contributed by atoms with Gasteiger partial charge >= 0.3 is 6.03 Å². The van der Waals surface area contributed by atoms with E-state index in [-0.39, 0.29) is 36.4 Å². The van der Waals surface area contributed by atoms with Gasteiger partial charge < -0.3 is 20.5 Å². The number of amides is 2. The molecule has 19 heavy (non-hydrogen) atoms. The van der Waals surface area contributed by atoms with Gasteiger partial charge in [0, 0.05) is 18.2 Å². The van der Waals surface area contributed by atoms with Crippen LogP contribution in [-0.2, 0) is 4.74 Å². The third kappa shape index (κ3) is 5.37. The van der Waals surface area contributed by atoms with Crippen LogP contribution in [0.3, 0.4) is 0 Å². The second kappa shape index (κ2) is 7.10. The molecule has 1 heterocycles. The Kier molecular flexibility index (Phi) is 6.07. The Balaban J connectivity index is 2.46. The third-order valence-corrected chi connectivity index (χ3v) is 3.89. The molecular weight excluding hydrogens is 244 g/mol. The molecule has 3 N–H and O–H groups in total. The van der Waals surface area contributed by atoms with Crippen LogP contribution < -0.4 is 10.6 Å². The first kappa shape index (κ1) is 16.2. The standard InChI is InChI=1S/C14H28N2O3/c1-5-14(4,6-7-17)16-13(18)15-12-8-10(2)19-11(3)9-12/h10-12,17H,5-9H2,1-4H3,(H2,15,16,18). The number of hydrogen-bond acceptors (Lipinski definition) is 3. The Labute approximate surface area is 116 Å². The quantitative estimate of drug-likeness (QED) is 0.714. The number of nitrogens with one attached hydrogen (secondary N) is 2. The van der Waals surface area contributed by atoms with Gasteiger partial charge in [-0.15, -0.1) is 0 Å². The summed E-state index contributed by atoms with van der Waals surface area (Å²) >= 11 is 0. The first-order chi connectivity index (χ1) is 8.88. The normalized spacial score (nSPS) is 30.5. The maximum Gasteiger partial charge on any atom is 0.315 e. The van der Waals surface area contributed by atoms with E-state index in [0.29, 0.717) is 6.42 Å². The Morgan fingerprint density at radius 2 is 1.95 bits per heavy atom. The first-order valence-electron chi connectivity index (χ1n) is 7.23. The molecule has 1 aliphatic rings. The summed E-state index contributed by atoms with van der Waals surface area (Å²) in [6.45, 7) is 8.11. The number of carbonyl (C=O) groups is 1. The highest BCUT2D eigenvalue weighted by Gasteiger charge is 2.28. The second-order valence-corrected chi connectivity index (χ2v) is 5.91. The summed E-state index contributed by atoms with van der Waals surface area (Å²) in [7, 11) is 0. The molecule has 0 spiro atoms. The zero-order valence-electron chi connectivity index (χ0n) is 12.5. The fourth-order valence-corrected chi connectivity index (χ4v) is 2.59. The van der Waals surface area contributed by atoms with Crippen molar-refractivity contribution in [1.82, 2.24) is 10.6 Å². The molecule has 0 aromatic rings. The zero-order valence-corrected chi connectivity index (χ0v) is 12.5. The van der Waals surface area contributed by atoms with E-state index in [1.54, 1.807) is 0 Å². The van der Waals surface area contributed by atoms with Gasteiger partial charge in [0.25, 0.3) is 0 Å². The lowest BCUT2D eigenvalue weighted by Crippen LogP contribution is -2.54. The lowest BCUT2D eigenvalue weighted by Gasteiger charge is -2.34. The minimum atomic E-state index is -0.346. The number of aliphatic hydroxyl groups is 1. The van der Waals surface area contributed by atoms with Gasteiger partial charge in [-0.3, -0.25) is 0 Å². The number of carbonyl (C=O) groups excluding carboxylic acids is 1. The minimum Gasteiger partial charge on any atom is -0.396 e. The molecule has 0 radical (unpaired) electrons. The molecule has 0 aromatic heterocycles. The van der Waals surface area contributed by atoms with Crippen molar-refractivity contribution in [3.05, 3.63) is 0 Å². The van der Waals surface area contributed by atoms with Crippen LogP contribution in [0.15, 0.2) is 0 Å². The van der Waals surface area contributed by atoms with Gasteiger partial charge in [-0.25, -0.2) is 4.79 Å². The van der Waals surface area contributed by atoms with E-state index in [4.69, 9.17) is 9.84 Å². The van der Waals surface area contributed by atoms with Crippen molar-refractivity contribution in [2.75, 3.05) is 6.61 Å². The number of urea groups is 1. The van der Waals surface area contributed by atoms with Crippen LogP contribution in [0.2, 0.25) is 0 Å². The smallest absolute Gasteiger partial charge is 0.315 e. The number of ether oxygens (including phenoxy) is 1. The lowest BCUT2D eigenvalue weighted by molar-refractivity contribution is -0.0403. The highest BCUT2D eigenvalue weighted by atomic mass is 16.5. The summed E-state index contributed by atoms with van der Waals surface area (Å²) < 4.78 is 5.65. The average Bonchev–Trinajstić information content (AvgIpc) is 2.27. The Morgan fingerprint density at radius 1 is 1.37 bits per heavy atom. The highest BCUT2D eigenvalue weighted by molar-refractivity contribution is 5.75. The molecule has 5 nitrogen and oxygen atoms in total. The molecule has 3 unspecified atom stereocenters. The lowest BCUT2D eigenvalue weighted by atomic mass is 9.95. The van der Waals surface area contributed by atoms with E-state index < -0.39 is 0 Å². The Morgan fingerprint density at radius 3 is 2.42 bits per heavy atom. The molecule has 0 bridgehead atoms. The van der Waals surface area contributed by atoms with Crippen molar-refractivity contribution in [1.29, 1.82) is 0 Å². The van der Waals surface area contributed by atoms with Crippen LogP contribution in [0.5, 0.6) is 0 Å². The summed E-state index contributed by atoms with van der Waals surface area (Å²) in [6.07, 6.45) is 3.42. The van der Waals surface area contributed by atoms with Gasteiger partial charge in [0.15, 0.2) is 0 Å². The molecular formula is C14H28N2O3. The van der Waals surface area contributed by atoms with E-state index >= 15 is 0 Å². The van der Waals surface area contributed by atoms with E-state index in [1.165, 1.54) is 0 Å². The van der Waals surface area contributed by atoms with Crippen LogP contribution in [0, 0.1) is 0 Å². The average molecular weight is 272 g/mol. The van der Waals surface area contributed by atoms with E-state index in [9.17, 15) is 4.79 Å². The maximum absolute atomic E-state index is 12.0. The molecule has 3 atom stereocenters. The van der Waals surface area contributed by atoms with Crippen LogP contribution in [0.25, 0.3) is 0 Å². The van der Waals surface area contributed by atoms with E-state index in [1.807, 2.05) is 27.7 Å². The fraction of sp³-hybridized carbons (Fsp3) is 0.929. The van der Waals surface area contributed by atoms with Gasteiger partial charge in [0.1, 0.15) is 0 Å². The fourth-order valence-electron chi connectivity index (χ4n) is 2.59. The predicted octanol–water partition coefficient (Wildman–Crippen LogP) is 1.79.